The predicted octanol–water partition coefficient (Wildman–Crippen LogP) is 1.51. The van der Waals surface area contributed by atoms with E-state index in [1.165, 1.54) is 0 Å². The van der Waals surface area contributed by atoms with Gasteiger partial charge in [0.25, 0.3) is 0 Å². The third-order valence-electron chi connectivity index (χ3n) is 1.09. The second kappa shape index (κ2) is 4.28. The highest BCUT2D eigenvalue weighted by Crippen LogP contribution is 1.97. The Hall–Kier alpha value is -0.570. The Bertz CT molecular complexity index is 202. The third kappa shape index (κ3) is 4.32. The molecule has 0 bridgehead atoms. The Kier molecular flexibility index (Phi) is 4.03. The summed E-state index contributed by atoms with van der Waals surface area (Å²) >= 11 is 0. The van der Waals surface area contributed by atoms with Crippen molar-refractivity contribution in [3.8, 4) is 0 Å². The smallest absolute Gasteiger partial charge is 0.171 e. The first kappa shape index (κ1) is 9.43. The van der Waals surface area contributed by atoms with Gasteiger partial charge in [-0.25, -0.2) is 8.42 Å². The van der Waals surface area contributed by atoms with Crippen LogP contribution in [0.5, 0.6) is 0 Å². The molecule has 2 nitrogen and oxygen atoms in total. The lowest BCUT2D eigenvalue weighted by Gasteiger charge is -1.93. The van der Waals surface area contributed by atoms with Crippen LogP contribution in [0.1, 0.15) is 12.8 Å². The first-order valence-electron chi connectivity index (χ1n) is 3.08. The molecule has 3 heteroatoms. The van der Waals surface area contributed by atoms with E-state index < -0.39 is 9.84 Å². The van der Waals surface area contributed by atoms with Crippen LogP contribution in [-0.4, -0.2) is 14.2 Å². The Labute approximate surface area is 62.2 Å². The summed E-state index contributed by atoms with van der Waals surface area (Å²) in [6.45, 7) is 6.68. The molecule has 0 fully saturated rings. The topological polar surface area (TPSA) is 34.1 Å². The molecule has 0 N–H and O–H groups in total. The van der Waals surface area contributed by atoms with Gasteiger partial charge < -0.3 is 0 Å². The average molecular weight is 160 g/mol. The van der Waals surface area contributed by atoms with Crippen LogP contribution in [-0.2, 0) is 9.84 Å². The molecule has 0 unspecified atom stereocenters. The fourth-order valence-corrected chi connectivity index (χ4v) is 1.25. The zero-order valence-electron chi connectivity index (χ0n) is 5.91. The second-order valence-corrected chi connectivity index (χ2v) is 4.03. The Morgan fingerprint density at radius 2 is 1.90 bits per heavy atom. The van der Waals surface area contributed by atoms with Crippen molar-refractivity contribution in [1.29, 1.82) is 0 Å². The van der Waals surface area contributed by atoms with Crippen LogP contribution in [0.25, 0.3) is 0 Å². The largest absolute Gasteiger partial charge is 0.224 e. The summed E-state index contributed by atoms with van der Waals surface area (Å²) in [7, 11) is -2.98. The molecular weight excluding hydrogens is 148 g/mol. The molecular formula is C7H12O2S. The molecule has 0 aliphatic carbocycles. The highest BCUT2D eigenvalue weighted by molar-refractivity contribution is 7.94. The van der Waals surface area contributed by atoms with Gasteiger partial charge in [0.1, 0.15) is 0 Å². The molecule has 0 radical (unpaired) electrons. The zero-order chi connectivity index (χ0) is 8.04. The van der Waals surface area contributed by atoms with Gasteiger partial charge in [-0.15, -0.1) is 6.58 Å². The van der Waals surface area contributed by atoms with Gasteiger partial charge in [-0.05, 0) is 12.8 Å². The quantitative estimate of drug-likeness (QED) is 0.451. The highest BCUT2D eigenvalue weighted by Gasteiger charge is 2.01. The molecule has 0 rings (SSSR count). The van der Waals surface area contributed by atoms with E-state index in [4.69, 9.17) is 0 Å². The highest BCUT2D eigenvalue weighted by atomic mass is 32.2. The minimum absolute atomic E-state index is 0.183. The Balaban J connectivity index is 3.69. The van der Waals surface area contributed by atoms with Crippen LogP contribution in [0, 0.1) is 0 Å². The minimum atomic E-state index is -2.98. The van der Waals surface area contributed by atoms with Crippen molar-refractivity contribution in [2.75, 3.05) is 5.75 Å². The number of sulfone groups is 1. The SMILES string of the molecule is C=CCCCS(=O)(=O)C=C. The molecule has 0 amide bonds. The number of unbranched alkanes of at least 4 members (excludes halogenated alkanes) is 1. The second-order valence-electron chi connectivity index (χ2n) is 1.96. The Morgan fingerprint density at radius 1 is 1.30 bits per heavy atom. The van der Waals surface area contributed by atoms with Gasteiger partial charge in [0.05, 0.1) is 5.75 Å². The summed E-state index contributed by atoms with van der Waals surface area (Å²) in [5.41, 5.74) is 0. The van der Waals surface area contributed by atoms with E-state index >= 15 is 0 Å². The fraction of sp³-hybridized carbons (Fsp3) is 0.429. The van der Waals surface area contributed by atoms with Crippen LogP contribution in [0.4, 0.5) is 0 Å². The molecule has 10 heavy (non-hydrogen) atoms. The zero-order valence-corrected chi connectivity index (χ0v) is 6.73. The van der Waals surface area contributed by atoms with Crippen molar-refractivity contribution >= 4 is 9.84 Å². The number of allylic oxidation sites excluding steroid dienone is 1. The number of rotatable bonds is 5. The van der Waals surface area contributed by atoms with Gasteiger partial charge in [-0.1, -0.05) is 12.7 Å². The summed E-state index contributed by atoms with van der Waals surface area (Å²) < 4.78 is 21.4. The summed E-state index contributed by atoms with van der Waals surface area (Å²) in [6.07, 6.45) is 3.09. The first-order chi connectivity index (χ1) is 4.62. The lowest BCUT2D eigenvalue weighted by molar-refractivity contribution is 0.602. The van der Waals surface area contributed by atoms with Gasteiger partial charge >= 0.3 is 0 Å². The van der Waals surface area contributed by atoms with Gasteiger partial charge in [0.2, 0.25) is 0 Å². The predicted molar refractivity (Wildman–Crippen MR) is 43.4 cm³/mol. The monoisotopic (exact) mass is 160 g/mol. The molecule has 0 spiro atoms. The standard InChI is InChI=1S/C7H12O2S/c1-3-5-6-7-10(8,9)4-2/h3-4H,1-2,5-7H2. The van der Waals surface area contributed by atoms with Crippen molar-refractivity contribution in [1.82, 2.24) is 0 Å². The van der Waals surface area contributed by atoms with Crippen LogP contribution >= 0.6 is 0 Å². The molecule has 0 saturated heterocycles. The molecule has 0 heterocycles. The van der Waals surface area contributed by atoms with Crippen molar-refractivity contribution < 1.29 is 8.42 Å². The average Bonchev–Trinajstić information content (AvgIpc) is 1.89. The number of hydrogen-bond acceptors (Lipinski definition) is 2. The number of hydrogen-bond donors (Lipinski definition) is 0. The van der Waals surface area contributed by atoms with Gasteiger partial charge in [0, 0.05) is 5.41 Å². The molecule has 0 aromatic carbocycles. The van der Waals surface area contributed by atoms with E-state index in [9.17, 15) is 8.42 Å². The van der Waals surface area contributed by atoms with E-state index in [1.54, 1.807) is 6.08 Å². The van der Waals surface area contributed by atoms with E-state index in [2.05, 4.69) is 13.2 Å². The molecule has 0 aromatic rings. The van der Waals surface area contributed by atoms with Gasteiger partial charge in [-0.3, -0.25) is 0 Å². The van der Waals surface area contributed by atoms with Crippen molar-refractivity contribution in [2.24, 2.45) is 0 Å². The van der Waals surface area contributed by atoms with Crippen LogP contribution in [0.15, 0.2) is 24.6 Å². The summed E-state index contributed by atoms with van der Waals surface area (Å²) in [5.74, 6) is 0.183. The maximum absolute atomic E-state index is 10.7. The van der Waals surface area contributed by atoms with E-state index in [1.807, 2.05) is 0 Å². The summed E-state index contributed by atoms with van der Waals surface area (Å²) in [5, 5.41) is 0.996. The van der Waals surface area contributed by atoms with E-state index in [0.717, 1.165) is 11.8 Å². The van der Waals surface area contributed by atoms with E-state index in [-0.39, 0.29) is 5.75 Å². The molecule has 0 atom stereocenters. The summed E-state index contributed by atoms with van der Waals surface area (Å²) in [6, 6.07) is 0. The lowest BCUT2D eigenvalue weighted by atomic mass is 10.3. The molecule has 0 aromatic heterocycles. The van der Waals surface area contributed by atoms with Crippen LogP contribution in [0.2, 0.25) is 0 Å². The minimum Gasteiger partial charge on any atom is -0.224 e. The van der Waals surface area contributed by atoms with E-state index in [0.29, 0.717) is 6.42 Å². The van der Waals surface area contributed by atoms with Crippen molar-refractivity contribution in [3.05, 3.63) is 24.6 Å². The molecule has 0 aliphatic heterocycles. The van der Waals surface area contributed by atoms with Crippen LogP contribution in [0.3, 0.4) is 0 Å². The molecule has 0 aliphatic rings. The maximum atomic E-state index is 10.7. The van der Waals surface area contributed by atoms with Crippen LogP contribution < -0.4 is 0 Å². The fourth-order valence-electron chi connectivity index (χ4n) is 0.512. The third-order valence-corrected chi connectivity index (χ3v) is 2.46. The van der Waals surface area contributed by atoms with Gasteiger partial charge in [0.15, 0.2) is 9.84 Å². The van der Waals surface area contributed by atoms with Crippen molar-refractivity contribution in [2.45, 2.75) is 12.8 Å². The van der Waals surface area contributed by atoms with Crippen molar-refractivity contribution in [3.63, 3.8) is 0 Å². The van der Waals surface area contributed by atoms with Gasteiger partial charge in [-0.2, -0.15) is 0 Å². The summed E-state index contributed by atoms with van der Waals surface area (Å²) in [4.78, 5) is 0. The first-order valence-corrected chi connectivity index (χ1v) is 4.80. The normalized spacial score (nSPS) is 10.8. The lowest BCUT2D eigenvalue weighted by Crippen LogP contribution is -2.00. The Morgan fingerprint density at radius 3 is 2.30 bits per heavy atom. The molecule has 0 saturated carbocycles. The molecule has 58 valence electrons. The maximum Gasteiger partial charge on any atom is 0.171 e.